The third-order valence-electron chi connectivity index (χ3n) is 7.68. The number of imidazole rings is 1. The Kier molecular flexibility index (Phi) is 6.58. The number of pyridine rings is 1. The molecular weight excluding hydrogens is 450 g/mol. The SMILES string of the molecule is Cc1ccc(-c2ccc3cccn3c2)cc1-c1n(-c2c(C(C)C)cc(C(C)C)cc2C(C)C)cc[n+]1C. The Morgan fingerprint density at radius 3 is 2.05 bits per heavy atom. The number of fused-ring (bicyclic) bond motifs is 1. The molecule has 0 radical (unpaired) electrons. The van der Waals surface area contributed by atoms with Gasteiger partial charge in [0.15, 0.2) is 0 Å². The van der Waals surface area contributed by atoms with Crippen LogP contribution in [0.5, 0.6) is 0 Å². The van der Waals surface area contributed by atoms with Crippen molar-refractivity contribution in [2.24, 2.45) is 7.05 Å². The zero-order valence-electron chi connectivity index (χ0n) is 23.6. The van der Waals surface area contributed by atoms with Gasteiger partial charge in [-0.2, -0.15) is 4.57 Å². The Hall–Kier alpha value is -3.59. The fourth-order valence-corrected chi connectivity index (χ4v) is 5.42. The van der Waals surface area contributed by atoms with E-state index in [2.05, 4.69) is 148 Å². The minimum Gasteiger partial charge on any atom is -0.323 e. The first-order valence-electron chi connectivity index (χ1n) is 13.6. The van der Waals surface area contributed by atoms with Gasteiger partial charge in [-0.15, -0.1) is 0 Å². The second-order valence-corrected chi connectivity index (χ2v) is 11.4. The van der Waals surface area contributed by atoms with Crippen LogP contribution in [-0.4, -0.2) is 8.97 Å². The molecule has 3 nitrogen and oxygen atoms in total. The van der Waals surface area contributed by atoms with E-state index < -0.39 is 0 Å². The Balaban J connectivity index is 1.74. The van der Waals surface area contributed by atoms with E-state index in [1.54, 1.807) is 0 Å². The highest BCUT2D eigenvalue weighted by Gasteiger charge is 2.28. The predicted molar refractivity (Wildman–Crippen MR) is 156 cm³/mol. The molecule has 0 aliphatic rings. The van der Waals surface area contributed by atoms with Gasteiger partial charge in [0.25, 0.3) is 5.82 Å². The van der Waals surface area contributed by atoms with E-state index in [0.29, 0.717) is 17.8 Å². The maximum atomic E-state index is 2.44. The minimum absolute atomic E-state index is 0.424. The molecule has 0 bridgehead atoms. The molecule has 0 aliphatic heterocycles. The van der Waals surface area contributed by atoms with Gasteiger partial charge >= 0.3 is 0 Å². The normalized spacial score (nSPS) is 12.0. The van der Waals surface area contributed by atoms with E-state index in [0.717, 1.165) is 0 Å². The highest BCUT2D eigenvalue weighted by molar-refractivity contribution is 5.74. The molecule has 0 atom stereocenters. The van der Waals surface area contributed by atoms with Gasteiger partial charge < -0.3 is 4.40 Å². The topological polar surface area (TPSA) is 13.2 Å². The lowest BCUT2D eigenvalue weighted by Crippen LogP contribution is -2.29. The van der Waals surface area contributed by atoms with Crippen molar-refractivity contribution >= 4 is 5.52 Å². The van der Waals surface area contributed by atoms with E-state index in [4.69, 9.17) is 0 Å². The third kappa shape index (κ3) is 4.52. The van der Waals surface area contributed by atoms with Gasteiger partial charge in [0, 0.05) is 29.0 Å². The van der Waals surface area contributed by atoms with E-state index in [-0.39, 0.29) is 0 Å². The van der Waals surface area contributed by atoms with Crippen LogP contribution in [0.2, 0.25) is 0 Å². The number of nitrogens with zero attached hydrogens (tertiary/aromatic N) is 3. The van der Waals surface area contributed by atoms with Crippen LogP contribution in [0.25, 0.3) is 33.7 Å². The third-order valence-corrected chi connectivity index (χ3v) is 7.68. The molecule has 0 spiro atoms. The molecule has 37 heavy (non-hydrogen) atoms. The molecule has 0 aliphatic carbocycles. The molecule has 5 aromatic rings. The molecule has 3 heteroatoms. The van der Waals surface area contributed by atoms with Crippen molar-refractivity contribution in [3.63, 3.8) is 0 Å². The molecule has 0 N–H and O–H groups in total. The predicted octanol–water partition coefficient (Wildman–Crippen LogP) is 8.57. The van der Waals surface area contributed by atoms with Crippen molar-refractivity contribution < 1.29 is 4.57 Å². The molecule has 2 aromatic carbocycles. The number of benzene rings is 2. The lowest BCUT2D eigenvalue weighted by atomic mass is 9.87. The van der Waals surface area contributed by atoms with E-state index in [9.17, 15) is 0 Å². The van der Waals surface area contributed by atoms with Crippen molar-refractivity contribution in [2.75, 3.05) is 0 Å². The van der Waals surface area contributed by atoms with Crippen LogP contribution in [0.15, 0.2) is 79.4 Å². The van der Waals surface area contributed by atoms with Gasteiger partial charge in [0.2, 0.25) is 0 Å². The molecule has 0 fully saturated rings. The van der Waals surface area contributed by atoms with Crippen LogP contribution in [-0.2, 0) is 7.05 Å². The lowest BCUT2D eigenvalue weighted by molar-refractivity contribution is -0.659. The molecule has 0 saturated carbocycles. The second kappa shape index (κ2) is 9.70. The summed E-state index contributed by atoms with van der Waals surface area (Å²) in [4.78, 5) is 0. The highest BCUT2D eigenvalue weighted by atomic mass is 15.1. The summed E-state index contributed by atoms with van der Waals surface area (Å²) >= 11 is 0. The first-order valence-corrected chi connectivity index (χ1v) is 13.6. The summed E-state index contributed by atoms with van der Waals surface area (Å²) in [5, 5.41) is 0. The second-order valence-electron chi connectivity index (χ2n) is 11.4. The molecule has 0 unspecified atom stereocenters. The summed E-state index contributed by atoms with van der Waals surface area (Å²) in [6, 6.07) is 20.4. The van der Waals surface area contributed by atoms with Crippen molar-refractivity contribution in [2.45, 2.75) is 66.2 Å². The molecular formula is C34H40N3+. The Labute approximate surface area is 222 Å². The number of aryl methyl sites for hydroxylation is 2. The average Bonchev–Trinajstić information content (AvgIpc) is 3.49. The maximum Gasteiger partial charge on any atom is 0.294 e. The fourth-order valence-electron chi connectivity index (χ4n) is 5.42. The molecule has 3 heterocycles. The van der Waals surface area contributed by atoms with Crippen molar-refractivity contribution in [1.82, 2.24) is 8.97 Å². The lowest BCUT2D eigenvalue weighted by Gasteiger charge is -2.21. The van der Waals surface area contributed by atoms with Gasteiger partial charge in [-0.25, -0.2) is 4.57 Å². The zero-order chi connectivity index (χ0) is 26.4. The minimum atomic E-state index is 0.424. The molecule has 0 saturated heterocycles. The van der Waals surface area contributed by atoms with Crippen molar-refractivity contribution in [3.8, 4) is 28.2 Å². The number of aromatic nitrogens is 3. The van der Waals surface area contributed by atoms with Gasteiger partial charge in [-0.05, 0) is 71.2 Å². The van der Waals surface area contributed by atoms with E-state index in [1.807, 2.05) is 0 Å². The van der Waals surface area contributed by atoms with Crippen LogP contribution < -0.4 is 4.57 Å². The largest absolute Gasteiger partial charge is 0.323 e. The van der Waals surface area contributed by atoms with Crippen LogP contribution in [0.4, 0.5) is 0 Å². The summed E-state index contributed by atoms with van der Waals surface area (Å²) < 4.78 is 6.90. The van der Waals surface area contributed by atoms with Crippen LogP contribution >= 0.6 is 0 Å². The monoisotopic (exact) mass is 490 g/mol. The van der Waals surface area contributed by atoms with Gasteiger partial charge in [0.05, 0.1) is 12.6 Å². The van der Waals surface area contributed by atoms with Crippen LogP contribution in [0, 0.1) is 6.92 Å². The summed E-state index contributed by atoms with van der Waals surface area (Å²) in [5.41, 5.74) is 11.8. The first-order chi connectivity index (χ1) is 17.7. The Morgan fingerprint density at radius 1 is 0.730 bits per heavy atom. The fraction of sp³-hybridized carbons (Fsp3) is 0.324. The molecule has 190 valence electrons. The van der Waals surface area contributed by atoms with Gasteiger partial charge in [0.1, 0.15) is 18.1 Å². The average molecular weight is 491 g/mol. The van der Waals surface area contributed by atoms with Crippen molar-refractivity contribution in [1.29, 1.82) is 0 Å². The van der Waals surface area contributed by atoms with Crippen molar-refractivity contribution in [3.05, 3.63) is 102 Å². The number of rotatable bonds is 6. The quantitative estimate of drug-likeness (QED) is 0.212. The summed E-state index contributed by atoms with van der Waals surface area (Å²) in [6.45, 7) is 16.1. The summed E-state index contributed by atoms with van der Waals surface area (Å²) in [5.74, 6) is 2.56. The standard InChI is InChI=1S/C34H40N3/c1-22(2)28-19-30(23(3)4)33(31(20-28)24(5)6)37-17-16-35(8)34(37)32-18-26(12-11-25(32)7)27-13-14-29-10-9-15-36(29)21-27/h9-24H,1-8H3/q+1. The Bertz CT molecular complexity index is 1550. The van der Waals surface area contributed by atoms with E-state index >= 15 is 0 Å². The highest BCUT2D eigenvalue weighted by Crippen LogP contribution is 2.37. The maximum absolute atomic E-state index is 2.44. The summed E-state index contributed by atoms with van der Waals surface area (Å²) in [6.07, 6.45) is 8.77. The number of hydrogen-bond donors (Lipinski definition) is 0. The molecule has 0 amide bonds. The summed E-state index contributed by atoms with van der Waals surface area (Å²) in [7, 11) is 2.16. The van der Waals surface area contributed by atoms with Gasteiger partial charge in [-0.3, -0.25) is 0 Å². The number of hydrogen-bond acceptors (Lipinski definition) is 0. The molecule has 3 aromatic heterocycles. The molecule has 5 rings (SSSR count). The first kappa shape index (κ1) is 25.1. The zero-order valence-corrected chi connectivity index (χ0v) is 23.6. The van der Waals surface area contributed by atoms with Crippen LogP contribution in [0.3, 0.4) is 0 Å². The van der Waals surface area contributed by atoms with Crippen LogP contribution in [0.1, 0.15) is 81.5 Å². The van der Waals surface area contributed by atoms with Gasteiger partial charge in [-0.1, -0.05) is 71.9 Å². The van der Waals surface area contributed by atoms with E-state index in [1.165, 1.54) is 56.0 Å². The smallest absolute Gasteiger partial charge is 0.294 e. The Morgan fingerprint density at radius 2 is 1.41 bits per heavy atom.